The molecule has 2 N–H and O–H groups in total. The van der Waals surface area contributed by atoms with Gasteiger partial charge in [-0.15, -0.1) is 24.0 Å². The van der Waals surface area contributed by atoms with Gasteiger partial charge in [0.25, 0.3) is 0 Å². The van der Waals surface area contributed by atoms with Crippen LogP contribution in [0, 0.1) is 12.8 Å². The van der Waals surface area contributed by atoms with Crippen molar-refractivity contribution < 1.29 is 9.47 Å². The number of anilines is 1. The minimum absolute atomic E-state index is 0. The normalized spacial score (nSPS) is 17.7. The fraction of sp³-hybridized carbons (Fsp3) is 0.423. The van der Waals surface area contributed by atoms with E-state index in [0.29, 0.717) is 19.1 Å². The average molecular weight is 562 g/mol. The second kappa shape index (κ2) is 12.8. The summed E-state index contributed by atoms with van der Waals surface area (Å²) in [6.45, 7) is 7.79. The number of hydrogen-bond acceptors (Lipinski definition) is 4. The van der Waals surface area contributed by atoms with Crippen molar-refractivity contribution >= 4 is 35.6 Å². The molecule has 7 heteroatoms. The van der Waals surface area contributed by atoms with Crippen LogP contribution in [-0.2, 0) is 17.8 Å². The molecule has 0 radical (unpaired) electrons. The van der Waals surface area contributed by atoms with E-state index >= 15 is 0 Å². The van der Waals surface area contributed by atoms with E-state index in [0.717, 1.165) is 56.5 Å². The molecule has 0 amide bonds. The molecule has 4 rings (SSSR count). The van der Waals surface area contributed by atoms with Crippen LogP contribution < -0.4 is 20.3 Å². The van der Waals surface area contributed by atoms with Crippen LogP contribution in [0.15, 0.2) is 59.6 Å². The van der Waals surface area contributed by atoms with Gasteiger partial charge in [0, 0.05) is 57.0 Å². The molecule has 33 heavy (non-hydrogen) atoms. The molecule has 0 saturated carbocycles. The van der Waals surface area contributed by atoms with Crippen molar-refractivity contribution in [3.63, 3.8) is 0 Å². The third-order valence-corrected chi connectivity index (χ3v) is 5.97. The van der Waals surface area contributed by atoms with Crippen molar-refractivity contribution in [3.8, 4) is 5.75 Å². The summed E-state index contributed by atoms with van der Waals surface area (Å²) in [5.74, 6) is 2.19. The number of rotatable bonds is 8. The molecule has 1 atom stereocenters. The summed E-state index contributed by atoms with van der Waals surface area (Å²) < 4.78 is 11.6. The van der Waals surface area contributed by atoms with Crippen molar-refractivity contribution in [2.75, 3.05) is 44.9 Å². The first-order chi connectivity index (χ1) is 15.7. The molecule has 178 valence electrons. The average Bonchev–Trinajstić information content (AvgIpc) is 3.54. The van der Waals surface area contributed by atoms with Gasteiger partial charge in [-0.1, -0.05) is 36.4 Å². The zero-order valence-corrected chi connectivity index (χ0v) is 21.9. The van der Waals surface area contributed by atoms with Gasteiger partial charge >= 0.3 is 0 Å². The molecule has 0 spiro atoms. The van der Waals surface area contributed by atoms with E-state index in [1.54, 1.807) is 7.05 Å². The lowest BCUT2D eigenvalue weighted by atomic mass is 10.1. The highest BCUT2D eigenvalue weighted by Gasteiger charge is 2.17. The number of nitrogens with zero attached hydrogens (tertiary/aromatic N) is 2. The minimum Gasteiger partial charge on any atom is -0.493 e. The summed E-state index contributed by atoms with van der Waals surface area (Å²) in [7, 11) is 1.80. The van der Waals surface area contributed by atoms with Gasteiger partial charge in [-0.25, -0.2) is 0 Å². The molecule has 0 bridgehead atoms. The van der Waals surface area contributed by atoms with E-state index in [-0.39, 0.29) is 24.0 Å². The van der Waals surface area contributed by atoms with Crippen molar-refractivity contribution in [1.82, 2.24) is 10.6 Å². The Labute approximate surface area is 214 Å². The topological polar surface area (TPSA) is 58.1 Å². The minimum atomic E-state index is 0. The van der Waals surface area contributed by atoms with Gasteiger partial charge in [-0.3, -0.25) is 4.99 Å². The van der Waals surface area contributed by atoms with E-state index in [1.807, 2.05) is 0 Å². The summed E-state index contributed by atoms with van der Waals surface area (Å²) in [6, 6.07) is 15.1. The van der Waals surface area contributed by atoms with Crippen LogP contribution in [0.3, 0.4) is 0 Å². The molecule has 1 saturated heterocycles. The maximum atomic E-state index is 6.16. The lowest BCUT2D eigenvalue weighted by Crippen LogP contribution is -2.36. The molecule has 0 aliphatic carbocycles. The van der Waals surface area contributed by atoms with E-state index in [4.69, 9.17) is 9.47 Å². The zero-order valence-electron chi connectivity index (χ0n) is 19.5. The molecule has 2 aliphatic rings. The Morgan fingerprint density at radius 2 is 1.85 bits per heavy atom. The summed E-state index contributed by atoms with van der Waals surface area (Å²) in [4.78, 5) is 6.72. The van der Waals surface area contributed by atoms with Crippen molar-refractivity contribution in [2.45, 2.75) is 26.4 Å². The Hall–Kier alpha value is -2.26. The first-order valence-corrected chi connectivity index (χ1v) is 11.4. The highest BCUT2D eigenvalue weighted by molar-refractivity contribution is 14.0. The van der Waals surface area contributed by atoms with Crippen LogP contribution in [0.25, 0.3) is 0 Å². The van der Waals surface area contributed by atoms with Gasteiger partial charge in [0.05, 0.1) is 13.2 Å². The smallest absolute Gasteiger partial charge is 0.191 e. The summed E-state index contributed by atoms with van der Waals surface area (Å²) >= 11 is 0. The number of guanidine groups is 1. The standard InChI is InChI=1S/C26H34N4O2.HI/c1-20-5-8-23(25(15-20)32-19-22-11-14-31-18-22)17-29-26(27-2)28-16-21-6-9-24(10-7-21)30-12-3-4-13-30;/h3-10,15,22H,11-14,16-19H2,1-2H3,(H2,27,28,29);1H. The van der Waals surface area contributed by atoms with Crippen LogP contribution in [0.1, 0.15) is 23.1 Å². The Morgan fingerprint density at radius 3 is 2.55 bits per heavy atom. The molecule has 6 nitrogen and oxygen atoms in total. The fourth-order valence-electron chi connectivity index (χ4n) is 3.96. The Bertz CT molecular complexity index is 932. The molecule has 2 aromatic rings. The summed E-state index contributed by atoms with van der Waals surface area (Å²) in [5.41, 5.74) is 4.81. The largest absolute Gasteiger partial charge is 0.493 e. The number of aryl methyl sites for hydroxylation is 1. The quantitative estimate of drug-likeness (QED) is 0.218. The van der Waals surface area contributed by atoms with Gasteiger partial charge in [0.15, 0.2) is 5.96 Å². The van der Waals surface area contributed by atoms with Gasteiger partial charge in [0.2, 0.25) is 0 Å². The third-order valence-electron chi connectivity index (χ3n) is 5.97. The predicted molar refractivity (Wildman–Crippen MR) is 146 cm³/mol. The molecule has 2 aromatic carbocycles. The van der Waals surface area contributed by atoms with E-state index < -0.39 is 0 Å². The lowest BCUT2D eigenvalue weighted by Gasteiger charge is -2.18. The number of ether oxygens (including phenoxy) is 2. The van der Waals surface area contributed by atoms with E-state index in [2.05, 4.69) is 82.1 Å². The predicted octanol–water partition coefficient (Wildman–Crippen LogP) is 4.27. The van der Waals surface area contributed by atoms with Crippen LogP contribution in [0.5, 0.6) is 5.75 Å². The Balaban J connectivity index is 0.00000306. The van der Waals surface area contributed by atoms with Crippen LogP contribution in [-0.4, -0.2) is 45.9 Å². The second-order valence-electron chi connectivity index (χ2n) is 8.47. The highest BCUT2D eigenvalue weighted by atomic mass is 127. The maximum Gasteiger partial charge on any atom is 0.191 e. The fourth-order valence-corrected chi connectivity index (χ4v) is 3.96. The van der Waals surface area contributed by atoms with Crippen molar-refractivity contribution in [1.29, 1.82) is 0 Å². The number of halogens is 1. The lowest BCUT2D eigenvalue weighted by molar-refractivity contribution is 0.166. The highest BCUT2D eigenvalue weighted by Crippen LogP contribution is 2.23. The zero-order chi connectivity index (χ0) is 22.2. The van der Waals surface area contributed by atoms with E-state index in [9.17, 15) is 0 Å². The van der Waals surface area contributed by atoms with Gasteiger partial charge in [-0.05, 0) is 42.7 Å². The SMILES string of the molecule is CN=C(NCc1ccc(N2CC=CC2)cc1)NCc1ccc(C)cc1OCC1CCOC1.I. The first kappa shape index (κ1) is 25.4. The first-order valence-electron chi connectivity index (χ1n) is 11.4. The van der Waals surface area contributed by atoms with Crippen LogP contribution in [0.2, 0.25) is 0 Å². The van der Waals surface area contributed by atoms with Gasteiger partial charge < -0.3 is 25.0 Å². The van der Waals surface area contributed by atoms with Crippen molar-refractivity contribution in [2.24, 2.45) is 10.9 Å². The monoisotopic (exact) mass is 562 g/mol. The summed E-state index contributed by atoms with van der Waals surface area (Å²) in [6.07, 6.45) is 5.49. The Morgan fingerprint density at radius 1 is 1.09 bits per heavy atom. The molecule has 2 heterocycles. The van der Waals surface area contributed by atoms with Gasteiger partial charge in [-0.2, -0.15) is 0 Å². The summed E-state index contributed by atoms with van der Waals surface area (Å²) in [5, 5.41) is 6.83. The number of hydrogen-bond donors (Lipinski definition) is 2. The molecular weight excluding hydrogens is 527 g/mol. The van der Waals surface area contributed by atoms with E-state index in [1.165, 1.54) is 16.8 Å². The molecule has 1 fully saturated rings. The molecule has 0 aromatic heterocycles. The van der Waals surface area contributed by atoms with Gasteiger partial charge in [0.1, 0.15) is 5.75 Å². The third kappa shape index (κ3) is 7.37. The molecular formula is C26H35IN4O2. The van der Waals surface area contributed by atoms with Crippen molar-refractivity contribution in [3.05, 3.63) is 71.3 Å². The molecule has 1 unspecified atom stereocenters. The molecule has 2 aliphatic heterocycles. The number of benzene rings is 2. The Kier molecular flexibility index (Phi) is 9.87. The maximum absolute atomic E-state index is 6.16. The number of aliphatic imine (C=N–C) groups is 1. The number of nitrogens with one attached hydrogen (secondary N) is 2. The second-order valence-corrected chi connectivity index (χ2v) is 8.47. The van der Waals surface area contributed by atoms with Crippen LogP contribution in [0.4, 0.5) is 5.69 Å². The van der Waals surface area contributed by atoms with Crippen LogP contribution >= 0.6 is 24.0 Å².